The van der Waals surface area contributed by atoms with Crippen molar-refractivity contribution in [3.8, 4) is 11.4 Å². The van der Waals surface area contributed by atoms with Gasteiger partial charge in [0.1, 0.15) is 18.3 Å². The molecular formula is C16H23N4O3S2+. The van der Waals surface area contributed by atoms with Crippen molar-refractivity contribution in [2.24, 2.45) is 0 Å². The smallest absolute Gasteiger partial charge is 0.221 e. The van der Waals surface area contributed by atoms with Crippen molar-refractivity contribution < 1.29 is 18.1 Å². The van der Waals surface area contributed by atoms with Crippen LogP contribution in [0, 0.1) is 4.77 Å². The third kappa shape index (κ3) is 4.55. The van der Waals surface area contributed by atoms with Crippen LogP contribution in [0.2, 0.25) is 0 Å². The first-order valence-electron chi connectivity index (χ1n) is 8.25. The summed E-state index contributed by atoms with van der Waals surface area (Å²) < 4.78 is 31.1. The Bertz CT molecular complexity index is 861. The van der Waals surface area contributed by atoms with Crippen LogP contribution in [0.4, 0.5) is 0 Å². The van der Waals surface area contributed by atoms with Gasteiger partial charge in [0.25, 0.3) is 0 Å². The number of H-pyrrole nitrogens is 1. The van der Waals surface area contributed by atoms with Crippen LogP contribution in [0.25, 0.3) is 11.4 Å². The van der Waals surface area contributed by atoms with Crippen LogP contribution in [-0.4, -0.2) is 61.0 Å². The maximum atomic E-state index is 11.8. The maximum absolute atomic E-state index is 11.8. The molecule has 1 aliphatic heterocycles. The van der Waals surface area contributed by atoms with E-state index in [1.165, 1.54) is 0 Å². The molecule has 0 amide bonds. The fourth-order valence-corrected chi connectivity index (χ4v) is 5.18. The van der Waals surface area contributed by atoms with Crippen LogP contribution in [-0.2, 0) is 21.2 Å². The third-order valence-electron chi connectivity index (χ3n) is 4.52. The molecule has 3 rings (SSSR count). The molecule has 0 aliphatic carbocycles. The molecular weight excluding hydrogens is 360 g/mol. The topological polar surface area (TPSA) is 81.4 Å². The van der Waals surface area contributed by atoms with Gasteiger partial charge >= 0.3 is 0 Å². The van der Waals surface area contributed by atoms with E-state index in [1.807, 2.05) is 35.0 Å². The molecule has 136 valence electrons. The minimum absolute atomic E-state index is 0.0607. The second-order valence-corrected chi connectivity index (χ2v) is 8.90. The number of nitrogens with zero attached hydrogens (tertiary/aromatic N) is 2. The molecule has 0 radical (unpaired) electrons. The average Bonchev–Trinajstić information content (AvgIpc) is 3.14. The van der Waals surface area contributed by atoms with E-state index in [4.69, 9.17) is 17.0 Å². The lowest BCUT2D eigenvalue weighted by atomic mass is 10.2. The van der Waals surface area contributed by atoms with Gasteiger partial charge in [-0.25, -0.2) is 13.1 Å². The zero-order valence-corrected chi connectivity index (χ0v) is 15.8. The van der Waals surface area contributed by atoms with E-state index < -0.39 is 9.84 Å². The molecule has 0 bridgehead atoms. The average molecular weight is 384 g/mol. The van der Waals surface area contributed by atoms with E-state index >= 15 is 0 Å². The number of benzene rings is 1. The largest absolute Gasteiger partial charge is 0.379 e. The lowest BCUT2D eigenvalue weighted by molar-refractivity contribution is -0.945. The number of hydrogen-bond donors (Lipinski definition) is 2. The first kappa shape index (κ1) is 18.2. The molecule has 1 aliphatic rings. The SMILES string of the molecule is COCC[NH+](Cn1[nH]c(-c2ccccc2)nc1=S)[C@@H]1CCS(=O)(=O)C1. The Kier molecular flexibility index (Phi) is 5.67. The Morgan fingerprint density at radius 2 is 2.16 bits per heavy atom. The van der Waals surface area contributed by atoms with E-state index in [-0.39, 0.29) is 17.5 Å². The molecule has 2 heterocycles. The zero-order valence-electron chi connectivity index (χ0n) is 14.1. The van der Waals surface area contributed by atoms with E-state index in [0.717, 1.165) is 22.8 Å². The number of hydrogen-bond acceptors (Lipinski definition) is 5. The Morgan fingerprint density at radius 3 is 2.80 bits per heavy atom. The van der Waals surface area contributed by atoms with Crippen LogP contribution in [0.15, 0.2) is 30.3 Å². The molecule has 1 aromatic carbocycles. The second kappa shape index (κ2) is 7.77. The van der Waals surface area contributed by atoms with Crippen molar-refractivity contribution in [1.82, 2.24) is 14.8 Å². The number of sulfone groups is 1. The fraction of sp³-hybridized carbons (Fsp3) is 0.500. The second-order valence-electron chi connectivity index (χ2n) is 6.31. The van der Waals surface area contributed by atoms with Crippen LogP contribution in [0.5, 0.6) is 0 Å². The summed E-state index contributed by atoms with van der Waals surface area (Å²) >= 11 is 5.38. The summed E-state index contributed by atoms with van der Waals surface area (Å²) in [4.78, 5) is 5.57. The summed E-state index contributed by atoms with van der Waals surface area (Å²) in [5, 5.41) is 3.24. The molecule has 2 atom stereocenters. The van der Waals surface area contributed by atoms with E-state index in [1.54, 1.807) is 7.11 Å². The number of aromatic nitrogens is 3. The lowest BCUT2D eigenvalue weighted by Crippen LogP contribution is -3.16. The van der Waals surface area contributed by atoms with Gasteiger partial charge in [0.15, 0.2) is 22.3 Å². The Balaban J connectivity index is 1.80. The number of ether oxygens (including phenoxy) is 1. The van der Waals surface area contributed by atoms with Gasteiger partial charge in [0.2, 0.25) is 4.77 Å². The number of rotatable bonds is 7. The molecule has 1 aromatic heterocycles. The van der Waals surface area contributed by atoms with Crippen molar-refractivity contribution in [3.05, 3.63) is 35.1 Å². The van der Waals surface area contributed by atoms with Crippen LogP contribution in [0.3, 0.4) is 0 Å². The number of nitrogens with one attached hydrogen (secondary N) is 2. The van der Waals surface area contributed by atoms with Crippen molar-refractivity contribution >= 4 is 22.1 Å². The quantitative estimate of drug-likeness (QED) is 0.672. The maximum Gasteiger partial charge on any atom is 0.221 e. The number of quaternary nitrogens is 1. The van der Waals surface area contributed by atoms with E-state index in [2.05, 4.69) is 10.1 Å². The molecule has 2 N–H and O–H groups in total. The third-order valence-corrected chi connectivity index (χ3v) is 6.60. The van der Waals surface area contributed by atoms with Crippen molar-refractivity contribution in [1.29, 1.82) is 0 Å². The van der Waals surface area contributed by atoms with Crippen LogP contribution in [0.1, 0.15) is 6.42 Å². The van der Waals surface area contributed by atoms with E-state index in [0.29, 0.717) is 24.5 Å². The highest BCUT2D eigenvalue weighted by atomic mass is 32.2. The summed E-state index contributed by atoms with van der Waals surface area (Å²) in [6.45, 7) is 1.83. The van der Waals surface area contributed by atoms with Gasteiger partial charge in [0, 0.05) is 19.1 Å². The summed E-state index contributed by atoms with van der Waals surface area (Å²) in [6, 6.07) is 9.85. The molecule has 1 fully saturated rings. The van der Waals surface area contributed by atoms with Crippen LogP contribution < -0.4 is 4.90 Å². The minimum atomic E-state index is -2.93. The summed E-state index contributed by atoms with van der Waals surface area (Å²) in [5.74, 6) is 1.20. The Morgan fingerprint density at radius 1 is 1.40 bits per heavy atom. The molecule has 1 saturated heterocycles. The predicted molar refractivity (Wildman–Crippen MR) is 97.6 cm³/mol. The lowest BCUT2D eigenvalue weighted by Gasteiger charge is -2.24. The monoisotopic (exact) mass is 383 g/mol. The van der Waals surface area contributed by atoms with Gasteiger partial charge in [-0.3, -0.25) is 5.10 Å². The van der Waals surface area contributed by atoms with Crippen molar-refractivity contribution in [3.63, 3.8) is 0 Å². The fourth-order valence-electron chi connectivity index (χ4n) is 3.15. The van der Waals surface area contributed by atoms with Gasteiger partial charge in [0.05, 0.1) is 12.4 Å². The molecule has 25 heavy (non-hydrogen) atoms. The standard InChI is InChI=1S/C16H22N4O3S2/c1-23-9-8-19(14-7-10-25(21,22)11-14)12-20-16(24)17-15(18-20)13-5-3-2-4-6-13/h2-6,14H,7-12H2,1H3,(H,17,18,24)/p+1/t14-/m1/s1. The van der Waals surface area contributed by atoms with E-state index in [9.17, 15) is 8.42 Å². The van der Waals surface area contributed by atoms with Gasteiger partial charge < -0.3 is 9.64 Å². The van der Waals surface area contributed by atoms with Gasteiger partial charge in [-0.2, -0.15) is 4.98 Å². The predicted octanol–water partition coefficient (Wildman–Crippen LogP) is 0.284. The summed E-state index contributed by atoms with van der Waals surface area (Å²) in [6.07, 6.45) is 0.675. The molecule has 7 nitrogen and oxygen atoms in total. The number of aromatic amines is 1. The molecule has 0 saturated carbocycles. The molecule has 1 unspecified atom stereocenters. The normalized spacial score (nSPS) is 20.6. The molecule has 2 aromatic rings. The first-order valence-corrected chi connectivity index (χ1v) is 10.5. The number of methoxy groups -OCH3 is 1. The highest BCUT2D eigenvalue weighted by Crippen LogP contribution is 2.13. The molecule has 0 spiro atoms. The highest BCUT2D eigenvalue weighted by Gasteiger charge is 2.35. The highest BCUT2D eigenvalue weighted by molar-refractivity contribution is 7.91. The first-order chi connectivity index (χ1) is 12.0. The van der Waals surface area contributed by atoms with Crippen LogP contribution >= 0.6 is 12.2 Å². The van der Waals surface area contributed by atoms with Gasteiger partial charge in [-0.05, 0) is 12.2 Å². The van der Waals surface area contributed by atoms with Gasteiger partial charge in [-0.1, -0.05) is 30.3 Å². The molecule has 9 heteroatoms. The van der Waals surface area contributed by atoms with Gasteiger partial charge in [-0.15, -0.1) is 0 Å². The van der Waals surface area contributed by atoms with Crippen molar-refractivity contribution in [2.75, 3.05) is 31.8 Å². The summed E-state index contributed by atoms with van der Waals surface area (Å²) in [5.41, 5.74) is 0.967. The minimum Gasteiger partial charge on any atom is -0.379 e. The van der Waals surface area contributed by atoms with Crippen molar-refractivity contribution in [2.45, 2.75) is 19.1 Å². The Labute approximate surface area is 152 Å². The zero-order chi connectivity index (χ0) is 17.9. The Hall–Kier alpha value is -1.55. The summed E-state index contributed by atoms with van der Waals surface area (Å²) in [7, 11) is -1.28.